The standard InChI is InChI=1S/C23H33NO5/c1-29-17-19-8-6-7-18(15-19)16-21(25)12-10-20-11-13-22(26)24(20)14-5-3-2-4-9-23(27)28/h3,5-8,15,20-21,25H,2,4,9-14,16-17H2,1H3,(H,27,28)/b5-3+/t20-,21+/m0/s1. The number of aliphatic hydroxyl groups excluding tert-OH is 1. The molecule has 2 atom stereocenters. The largest absolute Gasteiger partial charge is 0.481 e. The number of benzene rings is 1. The fourth-order valence-electron chi connectivity index (χ4n) is 3.79. The van der Waals surface area contributed by atoms with Gasteiger partial charge in [-0.2, -0.15) is 0 Å². The fourth-order valence-corrected chi connectivity index (χ4v) is 3.79. The summed E-state index contributed by atoms with van der Waals surface area (Å²) >= 11 is 0. The van der Waals surface area contributed by atoms with Crippen molar-refractivity contribution in [2.45, 2.75) is 70.1 Å². The molecule has 0 saturated carbocycles. The monoisotopic (exact) mass is 403 g/mol. The lowest BCUT2D eigenvalue weighted by Crippen LogP contribution is -2.33. The number of carbonyl (C=O) groups excluding carboxylic acids is 1. The number of aliphatic carboxylic acids is 1. The highest BCUT2D eigenvalue weighted by Crippen LogP contribution is 2.24. The van der Waals surface area contributed by atoms with Gasteiger partial charge in [-0.15, -0.1) is 0 Å². The first-order valence-electron chi connectivity index (χ1n) is 10.4. The van der Waals surface area contributed by atoms with E-state index >= 15 is 0 Å². The van der Waals surface area contributed by atoms with Gasteiger partial charge in [0.2, 0.25) is 5.91 Å². The maximum Gasteiger partial charge on any atom is 0.303 e. The van der Waals surface area contributed by atoms with Crippen LogP contribution in [0.3, 0.4) is 0 Å². The van der Waals surface area contributed by atoms with Crippen molar-refractivity contribution in [3.05, 3.63) is 47.5 Å². The van der Waals surface area contributed by atoms with Crippen molar-refractivity contribution in [2.24, 2.45) is 0 Å². The molecule has 1 aliphatic heterocycles. The van der Waals surface area contributed by atoms with Gasteiger partial charge >= 0.3 is 5.97 Å². The van der Waals surface area contributed by atoms with Crippen molar-refractivity contribution in [3.8, 4) is 0 Å². The van der Waals surface area contributed by atoms with Crippen molar-refractivity contribution >= 4 is 11.9 Å². The molecule has 1 heterocycles. The van der Waals surface area contributed by atoms with Crippen LogP contribution in [0.2, 0.25) is 0 Å². The van der Waals surface area contributed by atoms with Crippen molar-refractivity contribution in [1.29, 1.82) is 0 Å². The number of likely N-dealkylation sites (tertiary alicyclic amines) is 1. The minimum atomic E-state index is -0.780. The lowest BCUT2D eigenvalue weighted by Gasteiger charge is -2.24. The van der Waals surface area contributed by atoms with Crippen molar-refractivity contribution in [1.82, 2.24) is 4.90 Å². The summed E-state index contributed by atoms with van der Waals surface area (Å²) in [5.41, 5.74) is 2.19. The van der Waals surface area contributed by atoms with Gasteiger partial charge in [0.25, 0.3) is 0 Å². The van der Waals surface area contributed by atoms with E-state index in [-0.39, 0.29) is 18.4 Å². The fraction of sp³-hybridized carbons (Fsp3) is 0.565. The van der Waals surface area contributed by atoms with E-state index in [1.165, 1.54) is 0 Å². The molecular weight excluding hydrogens is 370 g/mol. The highest BCUT2D eigenvalue weighted by atomic mass is 16.5. The van der Waals surface area contributed by atoms with Gasteiger partial charge in [0, 0.05) is 32.5 Å². The summed E-state index contributed by atoms with van der Waals surface area (Å²) in [6.45, 7) is 1.12. The minimum absolute atomic E-state index is 0.159. The van der Waals surface area contributed by atoms with E-state index < -0.39 is 12.1 Å². The van der Waals surface area contributed by atoms with Crippen LogP contribution in [0, 0.1) is 0 Å². The zero-order valence-electron chi connectivity index (χ0n) is 17.3. The molecule has 0 aliphatic carbocycles. The zero-order valence-corrected chi connectivity index (χ0v) is 17.3. The van der Waals surface area contributed by atoms with Gasteiger partial charge in [-0.05, 0) is 49.7 Å². The van der Waals surface area contributed by atoms with Crippen molar-refractivity contribution in [3.63, 3.8) is 0 Å². The third-order valence-corrected chi connectivity index (χ3v) is 5.29. The topological polar surface area (TPSA) is 87.1 Å². The molecule has 2 N–H and O–H groups in total. The predicted molar refractivity (Wildman–Crippen MR) is 111 cm³/mol. The maximum atomic E-state index is 12.2. The van der Waals surface area contributed by atoms with Gasteiger partial charge in [0.15, 0.2) is 0 Å². The number of carboxylic acid groups (broad SMARTS) is 1. The molecule has 29 heavy (non-hydrogen) atoms. The number of rotatable bonds is 13. The Kier molecular flexibility index (Phi) is 9.88. The number of hydrogen-bond donors (Lipinski definition) is 2. The second-order valence-electron chi connectivity index (χ2n) is 7.68. The third-order valence-electron chi connectivity index (χ3n) is 5.29. The molecule has 1 saturated heterocycles. The summed E-state index contributed by atoms with van der Waals surface area (Å²) in [6, 6.07) is 8.24. The van der Waals surface area contributed by atoms with Gasteiger partial charge in [-0.25, -0.2) is 0 Å². The SMILES string of the molecule is COCc1cccc(C[C@H](O)CC[C@H]2CCC(=O)N2C/C=C/CCCC(=O)O)c1. The first kappa shape index (κ1) is 23.1. The Morgan fingerprint density at radius 2 is 2.14 bits per heavy atom. The van der Waals surface area contributed by atoms with Gasteiger partial charge in [-0.3, -0.25) is 9.59 Å². The number of nitrogens with zero attached hydrogens (tertiary/aromatic N) is 1. The molecule has 0 radical (unpaired) electrons. The number of carbonyl (C=O) groups is 2. The Balaban J connectivity index is 1.76. The second kappa shape index (κ2) is 12.4. The molecule has 0 unspecified atom stereocenters. The van der Waals surface area contributed by atoms with Gasteiger partial charge < -0.3 is 19.8 Å². The summed E-state index contributed by atoms with van der Waals surface area (Å²) in [6.07, 6.45) is 8.40. The quantitative estimate of drug-likeness (QED) is 0.390. The van der Waals surface area contributed by atoms with Crippen molar-refractivity contribution < 1.29 is 24.5 Å². The smallest absolute Gasteiger partial charge is 0.303 e. The number of aliphatic hydroxyl groups is 1. The number of amides is 1. The molecule has 6 nitrogen and oxygen atoms in total. The normalized spacial score (nSPS) is 17.9. The van der Waals surface area contributed by atoms with E-state index in [1.807, 2.05) is 35.3 Å². The summed E-state index contributed by atoms with van der Waals surface area (Å²) in [5.74, 6) is -0.621. The Morgan fingerprint density at radius 1 is 1.34 bits per heavy atom. The summed E-state index contributed by atoms with van der Waals surface area (Å²) in [5, 5.41) is 19.1. The van der Waals surface area contributed by atoms with Crippen LogP contribution in [0.15, 0.2) is 36.4 Å². The van der Waals surface area contributed by atoms with Crippen LogP contribution in [0.25, 0.3) is 0 Å². The lowest BCUT2D eigenvalue weighted by molar-refractivity contribution is -0.137. The molecule has 0 bridgehead atoms. The number of carboxylic acids is 1. The van der Waals surface area contributed by atoms with Crippen LogP contribution in [0.1, 0.15) is 56.1 Å². The summed E-state index contributed by atoms with van der Waals surface area (Å²) < 4.78 is 5.16. The Bertz CT molecular complexity index is 688. The van der Waals surface area contributed by atoms with E-state index in [1.54, 1.807) is 7.11 Å². The summed E-state index contributed by atoms with van der Waals surface area (Å²) in [4.78, 5) is 24.6. The number of allylic oxidation sites excluding steroid dienone is 1. The molecule has 0 aromatic heterocycles. The van der Waals surface area contributed by atoms with Crippen LogP contribution in [-0.2, 0) is 27.4 Å². The molecule has 1 aliphatic rings. The molecule has 1 aromatic rings. The first-order valence-corrected chi connectivity index (χ1v) is 10.4. The predicted octanol–water partition coefficient (Wildman–Crippen LogP) is 3.32. The lowest BCUT2D eigenvalue weighted by atomic mass is 9.99. The van der Waals surface area contributed by atoms with E-state index in [9.17, 15) is 14.7 Å². The Hall–Kier alpha value is -2.18. The molecule has 1 fully saturated rings. The van der Waals surface area contributed by atoms with Gasteiger partial charge in [-0.1, -0.05) is 36.4 Å². The van der Waals surface area contributed by atoms with Crippen LogP contribution in [0.5, 0.6) is 0 Å². The highest BCUT2D eigenvalue weighted by molar-refractivity contribution is 5.78. The summed E-state index contributed by atoms with van der Waals surface area (Å²) in [7, 11) is 1.67. The molecule has 0 spiro atoms. The van der Waals surface area contributed by atoms with E-state index in [4.69, 9.17) is 9.84 Å². The van der Waals surface area contributed by atoms with Gasteiger partial charge in [0.1, 0.15) is 0 Å². The van der Waals surface area contributed by atoms with Crippen LogP contribution >= 0.6 is 0 Å². The highest BCUT2D eigenvalue weighted by Gasteiger charge is 2.30. The van der Waals surface area contributed by atoms with E-state index in [0.717, 1.165) is 24.0 Å². The van der Waals surface area contributed by atoms with Gasteiger partial charge in [0.05, 0.1) is 12.7 Å². The van der Waals surface area contributed by atoms with Crippen LogP contribution < -0.4 is 0 Å². The van der Waals surface area contributed by atoms with Crippen LogP contribution in [0.4, 0.5) is 0 Å². The van der Waals surface area contributed by atoms with E-state index in [0.29, 0.717) is 45.3 Å². The molecule has 1 aromatic carbocycles. The minimum Gasteiger partial charge on any atom is -0.481 e. The Labute approximate surface area is 173 Å². The maximum absolute atomic E-state index is 12.2. The zero-order chi connectivity index (χ0) is 21.1. The number of hydrogen-bond acceptors (Lipinski definition) is 4. The van der Waals surface area contributed by atoms with Crippen molar-refractivity contribution in [2.75, 3.05) is 13.7 Å². The average Bonchev–Trinajstić information content (AvgIpc) is 3.03. The first-order chi connectivity index (χ1) is 14.0. The number of unbranched alkanes of at least 4 members (excludes halogenated alkanes) is 1. The second-order valence-corrected chi connectivity index (χ2v) is 7.68. The molecule has 1 amide bonds. The number of methoxy groups -OCH3 is 1. The third kappa shape index (κ3) is 8.38. The Morgan fingerprint density at radius 3 is 2.90 bits per heavy atom. The molecular formula is C23H33NO5. The molecule has 160 valence electrons. The van der Waals surface area contributed by atoms with Crippen LogP contribution in [-0.4, -0.2) is 52.8 Å². The van der Waals surface area contributed by atoms with E-state index in [2.05, 4.69) is 6.07 Å². The molecule has 6 heteroatoms. The molecule has 2 rings (SSSR count). The average molecular weight is 404 g/mol. The number of ether oxygens (including phenoxy) is 1.